The molecule has 2 atom stereocenters. The van der Waals surface area contributed by atoms with Crippen molar-refractivity contribution in [2.45, 2.75) is 84.2 Å². The Bertz CT molecular complexity index is 521. The Labute approximate surface area is 152 Å². The number of carbonyl (C=O) groups is 2. The van der Waals surface area contributed by atoms with Crippen molar-refractivity contribution in [1.29, 1.82) is 0 Å². The predicted octanol–water partition coefficient (Wildman–Crippen LogP) is 3.35. The van der Waals surface area contributed by atoms with E-state index in [2.05, 4.69) is 26.1 Å². The van der Waals surface area contributed by atoms with Gasteiger partial charge in [-0.05, 0) is 82.0 Å². The van der Waals surface area contributed by atoms with Gasteiger partial charge in [0.05, 0.1) is 5.41 Å². The summed E-state index contributed by atoms with van der Waals surface area (Å²) in [5, 5.41) is 3.15. The minimum atomic E-state index is -0.235. The molecule has 5 fully saturated rings. The first-order valence-electron chi connectivity index (χ1n) is 10.5. The summed E-state index contributed by atoms with van der Waals surface area (Å²) in [7, 11) is 0. The van der Waals surface area contributed by atoms with Crippen LogP contribution in [0.3, 0.4) is 0 Å². The molecule has 0 radical (unpaired) electrons. The highest BCUT2D eigenvalue weighted by Crippen LogP contribution is 2.60. The van der Waals surface area contributed by atoms with Crippen molar-refractivity contribution in [1.82, 2.24) is 10.2 Å². The minimum Gasteiger partial charge on any atom is -0.352 e. The smallest absolute Gasteiger partial charge is 0.243 e. The van der Waals surface area contributed by atoms with E-state index in [1.54, 1.807) is 0 Å². The van der Waals surface area contributed by atoms with E-state index in [4.69, 9.17) is 0 Å². The summed E-state index contributed by atoms with van der Waals surface area (Å²) < 4.78 is 0. The average Bonchev–Trinajstić information content (AvgIpc) is 3.02. The van der Waals surface area contributed by atoms with E-state index in [0.29, 0.717) is 11.8 Å². The summed E-state index contributed by atoms with van der Waals surface area (Å²) in [5.74, 6) is 3.11. The number of likely N-dealkylation sites (tertiary alicyclic amines) is 1. The maximum Gasteiger partial charge on any atom is 0.243 e. The van der Waals surface area contributed by atoms with Gasteiger partial charge in [0, 0.05) is 12.6 Å². The second kappa shape index (κ2) is 6.28. The molecule has 0 spiro atoms. The molecule has 140 valence electrons. The van der Waals surface area contributed by atoms with E-state index in [1.807, 2.05) is 4.90 Å². The summed E-state index contributed by atoms with van der Waals surface area (Å²) in [6, 6.07) is -0.0775. The van der Waals surface area contributed by atoms with Gasteiger partial charge in [0.1, 0.15) is 6.04 Å². The molecule has 1 aliphatic heterocycles. The van der Waals surface area contributed by atoms with E-state index >= 15 is 0 Å². The summed E-state index contributed by atoms with van der Waals surface area (Å²) in [6.45, 7) is 7.08. The third-order valence-corrected chi connectivity index (χ3v) is 7.68. The molecule has 0 aromatic rings. The Morgan fingerprint density at radius 1 is 1.00 bits per heavy atom. The van der Waals surface area contributed by atoms with E-state index in [9.17, 15) is 9.59 Å². The van der Waals surface area contributed by atoms with Crippen molar-refractivity contribution in [3.05, 3.63) is 0 Å². The predicted molar refractivity (Wildman–Crippen MR) is 97.8 cm³/mol. The third kappa shape index (κ3) is 3.00. The van der Waals surface area contributed by atoms with Gasteiger partial charge in [0.15, 0.2) is 0 Å². The van der Waals surface area contributed by atoms with Crippen molar-refractivity contribution in [3.63, 3.8) is 0 Å². The Morgan fingerprint density at radius 2 is 1.56 bits per heavy atom. The third-order valence-electron chi connectivity index (χ3n) is 7.68. The number of nitrogens with one attached hydrogen (secondary N) is 1. The molecular formula is C21H34N2O2. The van der Waals surface area contributed by atoms with Gasteiger partial charge >= 0.3 is 0 Å². The van der Waals surface area contributed by atoms with Gasteiger partial charge in [-0.1, -0.05) is 13.8 Å². The monoisotopic (exact) mass is 346 g/mol. The topological polar surface area (TPSA) is 49.4 Å². The van der Waals surface area contributed by atoms with Crippen LogP contribution in [-0.4, -0.2) is 35.3 Å². The molecule has 1 saturated heterocycles. The van der Waals surface area contributed by atoms with E-state index in [1.165, 1.54) is 19.3 Å². The summed E-state index contributed by atoms with van der Waals surface area (Å²) in [5.41, 5.74) is -0.124. The van der Waals surface area contributed by atoms with Gasteiger partial charge in [-0.15, -0.1) is 0 Å². The maximum atomic E-state index is 13.6. The molecule has 25 heavy (non-hydrogen) atoms. The lowest BCUT2D eigenvalue weighted by Gasteiger charge is -2.56. The fourth-order valence-electron chi connectivity index (χ4n) is 6.45. The normalized spacial score (nSPS) is 40.6. The number of hydrogen-bond acceptors (Lipinski definition) is 2. The maximum absolute atomic E-state index is 13.6. The number of hydrogen-bond donors (Lipinski definition) is 1. The lowest BCUT2D eigenvalue weighted by molar-refractivity contribution is -0.160. The fraction of sp³-hybridized carbons (Fsp3) is 0.905. The summed E-state index contributed by atoms with van der Waals surface area (Å²) >= 11 is 0. The van der Waals surface area contributed by atoms with Crippen molar-refractivity contribution in [3.8, 4) is 0 Å². The van der Waals surface area contributed by atoms with Crippen LogP contribution in [0, 0.1) is 29.1 Å². The lowest BCUT2D eigenvalue weighted by atomic mass is 9.49. The number of rotatable bonds is 4. The van der Waals surface area contributed by atoms with E-state index in [-0.39, 0.29) is 23.4 Å². The van der Waals surface area contributed by atoms with Crippen molar-refractivity contribution in [2.75, 3.05) is 6.54 Å². The first-order valence-corrected chi connectivity index (χ1v) is 10.5. The van der Waals surface area contributed by atoms with Gasteiger partial charge in [-0.25, -0.2) is 0 Å². The average molecular weight is 347 g/mol. The van der Waals surface area contributed by atoms with Gasteiger partial charge in [-0.2, -0.15) is 0 Å². The van der Waals surface area contributed by atoms with Crippen LogP contribution < -0.4 is 5.32 Å². The molecular weight excluding hydrogens is 312 g/mol. The van der Waals surface area contributed by atoms with Crippen LogP contribution in [0.1, 0.15) is 72.1 Å². The first-order chi connectivity index (χ1) is 11.9. The van der Waals surface area contributed by atoms with Crippen LogP contribution in [0.4, 0.5) is 0 Å². The Kier molecular flexibility index (Phi) is 4.36. The van der Waals surface area contributed by atoms with Crippen LogP contribution >= 0.6 is 0 Å². The van der Waals surface area contributed by atoms with E-state index in [0.717, 1.165) is 56.4 Å². The number of carbonyl (C=O) groups excluding carboxylic acids is 2. The Hall–Kier alpha value is -1.06. The van der Waals surface area contributed by atoms with E-state index < -0.39 is 0 Å². The molecule has 4 nitrogen and oxygen atoms in total. The zero-order valence-electron chi connectivity index (χ0n) is 16.1. The zero-order valence-corrected chi connectivity index (χ0v) is 16.1. The second-order valence-corrected chi connectivity index (χ2v) is 9.90. The van der Waals surface area contributed by atoms with Gasteiger partial charge < -0.3 is 10.2 Å². The lowest BCUT2D eigenvalue weighted by Crippen LogP contribution is -2.57. The van der Waals surface area contributed by atoms with Crippen LogP contribution in [0.2, 0.25) is 0 Å². The molecule has 0 aromatic carbocycles. The molecule has 5 aliphatic rings. The summed E-state index contributed by atoms with van der Waals surface area (Å²) in [6.07, 6.45) is 9.11. The van der Waals surface area contributed by atoms with Crippen LogP contribution in [0.25, 0.3) is 0 Å². The highest BCUT2D eigenvalue weighted by Gasteiger charge is 2.56. The fourth-order valence-corrected chi connectivity index (χ4v) is 6.45. The number of amides is 2. The Balaban J connectivity index is 1.49. The largest absolute Gasteiger partial charge is 0.352 e. The SMILES string of the molecule is CC(C)C(C)NC(=O)C1CCCN1C(=O)C12CC3CC(CC(C3)C1)C2. The van der Waals surface area contributed by atoms with Crippen molar-refractivity contribution >= 4 is 11.8 Å². The van der Waals surface area contributed by atoms with Crippen LogP contribution in [0.15, 0.2) is 0 Å². The quantitative estimate of drug-likeness (QED) is 0.848. The molecule has 4 saturated carbocycles. The van der Waals surface area contributed by atoms with Crippen LogP contribution in [0.5, 0.6) is 0 Å². The van der Waals surface area contributed by atoms with Crippen molar-refractivity contribution in [2.24, 2.45) is 29.1 Å². The van der Waals surface area contributed by atoms with Crippen LogP contribution in [-0.2, 0) is 9.59 Å². The van der Waals surface area contributed by atoms with Gasteiger partial charge in [-0.3, -0.25) is 9.59 Å². The van der Waals surface area contributed by atoms with Gasteiger partial charge in [0.2, 0.25) is 11.8 Å². The first kappa shape index (κ1) is 17.4. The highest BCUT2D eigenvalue weighted by molar-refractivity contribution is 5.91. The molecule has 5 rings (SSSR count). The zero-order chi connectivity index (χ0) is 17.8. The molecule has 2 unspecified atom stereocenters. The van der Waals surface area contributed by atoms with Gasteiger partial charge in [0.25, 0.3) is 0 Å². The summed E-state index contributed by atoms with van der Waals surface area (Å²) in [4.78, 5) is 28.3. The minimum absolute atomic E-state index is 0.0665. The Morgan fingerprint density at radius 3 is 2.08 bits per heavy atom. The molecule has 0 aromatic heterocycles. The number of nitrogens with zero attached hydrogens (tertiary/aromatic N) is 1. The molecule has 4 heteroatoms. The molecule has 2 amide bonds. The van der Waals surface area contributed by atoms with Crippen molar-refractivity contribution < 1.29 is 9.59 Å². The molecule has 4 bridgehead atoms. The standard InChI is InChI=1S/C21H34N2O2/c1-13(2)14(3)22-19(24)18-5-4-6-23(18)20(25)21-10-15-7-16(11-21)9-17(8-15)12-21/h13-18H,4-12H2,1-3H3,(H,22,24). The highest BCUT2D eigenvalue weighted by atomic mass is 16.2. The molecule has 4 aliphatic carbocycles. The molecule has 1 heterocycles. The molecule has 1 N–H and O–H groups in total. The second-order valence-electron chi connectivity index (χ2n) is 9.90.